The Morgan fingerprint density at radius 3 is 2.30 bits per heavy atom. The van der Waals surface area contributed by atoms with Crippen LogP contribution in [0.25, 0.3) is 0 Å². The summed E-state index contributed by atoms with van der Waals surface area (Å²) in [6, 6.07) is 0. The molecular weight excluding hydrogens is 256 g/mol. The monoisotopic (exact) mass is 282 g/mol. The Morgan fingerprint density at radius 1 is 1.05 bits per heavy atom. The van der Waals surface area contributed by atoms with Crippen molar-refractivity contribution in [2.75, 3.05) is 13.2 Å². The van der Waals surface area contributed by atoms with E-state index in [4.69, 9.17) is 9.47 Å². The predicted octanol–water partition coefficient (Wildman–Crippen LogP) is 3.42. The summed E-state index contributed by atoms with van der Waals surface area (Å²) in [6.07, 6.45) is 7.98. The first kappa shape index (κ1) is 18.4. The molecule has 0 radical (unpaired) electrons. The fourth-order valence-corrected chi connectivity index (χ4v) is 1.79. The lowest BCUT2D eigenvalue weighted by Crippen LogP contribution is -2.22. The smallest absolute Gasteiger partial charge is 0.309 e. The Labute approximate surface area is 121 Å². The van der Waals surface area contributed by atoms with Crippen LogP contribution < -0.4 is 0 Å². The van der Waals surface area contributed by atoms with E-state index in [0.29, 0.717) is 6.42 Å². The summed E-state index contributed by atoms with van der Waals surface area (Å²) in [5, 5.41) is 0. The van der Waals surface area contributed by atoms with E-state index in [9.17, 15) is 9.59 Å². The first-order valence-corrected chi connectivity index (χ1v) is 7.19. The molecule has 0 aromatic heterocycles. The molecular formula is C16H26O4. The fourth-order valence-electron chi connectivity index (χ4n) is 1.79. The van der Waals surface area contributed by atoms with Gasteiger partial charge in [-0.3, -0.25) is 9.59 Å². The van der Waals surface area contributed by atoms with Crippen molar-refractivity contribution < 1.29 is 19.1 Å². The number of carbonyl (C=O) groups is 2. The maximum absolute atomic E-state index is 11.9. The summed E-state index contributed by atoms with van der Waals surface area (Å²) >= 11 is 0. The summed E-state index contributed by atoms with van der Waals surface area (Å²) in [7, 11) is 0. The van der Waals surface area contributed by atoms with Gasteiger partial charge in [-0.2, -0.15) is 0 Å². The van der Waals surface area contributed by atoms with E-state index in [1.807, 2.05) is 0 Å². The summed E-state index contributed by atoms with van der Waals surface area (Å²) in [5.41, 5.74) is 0. The Balaban J connectivity index is 4.28. The SMILES string of the molecule is C=CCOC(=O)CC(CCCCCC)C(=O)OCC=C. The van der Waals surface area contributed by atoms with Crippen molar-refractivity contribution in [3.05, 3.63) is 25.3 Å². The lowest BCUT2D eigenvalue weighted by molar-refractivity contribution is -0.154. The molecule has 4 heteroatoms. The molecule has 0 saturated heterocycles. The van der Waals surface area contributed by atoms with E-state index in [0.717, 1.165) is 25.7 Å². The second-order valence-electron chi connectivity index (χ2n) is 4.64. The summed E-state index contributed by atoms with van der Waals surface area (Å²) in [5.74, 6) is -1.16. The molecule has 114 valence electrons. The Kier molecular flexibility index (Phi) is 11.5. The number of hydrogen-bond donors (Lipinski definition) is 0. The predicted molar refractivity (Wildman–Crippen MR) is 79.2 cm³/mol. The van der Waals surface area contributed by atoms with E-state index >= 15 is 0 Å². The topological polar surface area (TPSA) is 52.6 Å². The molecule has 0 aliphatic carbocycles. The zero-order chi connectivity index (χ0) is 15.2. The van der Waals surface area contributed by atoms with Crippen LogP contribution in [0, 0.1) is 5.92 Å². The van der Waals surface area contributed by atoms with Crippen LogP contribution in [0.1, 0.15) is 45.4 Å². The molecule has 20 heavy (non-hydrogen) atoms. The largest absolute Gasteiger partial charge is 0.461 e. The van der Waals surface area contributed by atoms with Gasteiger partial charge in [0.15, 0.2) is 0 Å². The third kappa shape index (κ3) is 9.36. The standard InChI is InChI=1S/C16H26O4/c1-4-7-8-9-10-14(16(18)20-12-6-3)13-15(17)19-11-5-2/h5-6,14H,2-4,7-13H2,1H3. The third-order valence-corrected chi connectivity index (χ3v) is 2.86. The normalized spacial score (nSPS) is 11.4. The van der Waals surface area contributed by atoms with Gasteiger partial charge >= 0.3 is 11.9 Å². The molecule has 1 unspecified atom stereocenters. The van der Waals surface area contributed by atoms with Crippen LogP contribution in [0.2, 0.25) is 0 Å². The molecule has 0 aliphatic rings. The molecule has 0 bridgehead atoms. The highest BCUT2D eigenvalue weighted by atomic mass is 16.5. The van der Waals surface area contributed by atoms with E-state index in [2.05, 4.69) is 20.1 Å². The summed E-state index contributed by atoms with van der Waals surface area (Å²) < 4.78 is 9.95. The summed E-state index contributed by atoms with van der Waals surface area (Å²) in [4.78, 5) is 23.5. The molecule has 0 aromatic rings. The maximum atomic E-state index is 11.9. The first-order chi connectivity index (χ1) is 9.65. The van der Waals surface area contributed by atoms with Crippen LogP contribution in [-0.2, 0) is 19.1 Å². The molecule has 1 atom stereocenters. The fraction of sp³-hybridized carbons (Fsp3) is 0.625. The van der Waals surface area contributed by atoms with Gasteiger partial charge in [-0.1, -0.05) is 57.9 Å². The number of carbonyl (C=O) groups excluding carboxylic acids is 2. The van der Waals surface area contributed by atoms with Crippen molar-refractivity contribution in [3.8, 4) is 0 Å². The molecule has 0 heterocycles. The second kappa shape index (κ2) is 12.5. The minimum atomic E-state index is -0.427. The van der Waals surface area contributed by atoms with Crippen LogP contribution >= 0.6 is 0 Å². The van der Waals surface area contributed by atoms with Gasteiger partial charge in [0.25, 0.3) is 0 Å². The van der Waals surface area contributed by atoms with Crippen molar-refractivity contribution in [1.29, 1.82) is 0 Å². The van der Waals surface area contributed by atoms with E-state index < -0.39 is 5.92 Å². The highest BCUT2D eigenvalue weighted by molar-refractivity contribution is 5.80. The molecule has 0 aromatic carbocycles. The minimum Gasteiger partial charge on any atom is -0.461 e. The Bertz CT molecular complexity index is 310. The van der Waals surface area contributed by atoms with Gasteiger partial charge in [-0.25, -0.2) is 0 Å². The second-order valence-corrected chi connectivity index (χ2v) is 4.64. The van der Waals surface area contributed by atoms with Gasteiger partial charge in [0.1, 0.15) is 13.2 Å². The van der Waals surface area contributed by atoms with Gasteiger partial charge in [0, 0.05) is 0 Å². The van der Waals surface area contributed by atoms with Gasteiger partial charge in [0.2, 0.25) is 0 Å². The van der Waals surface area contributed by atoms with Crippen molar-refractivity contribution >= 4 is 11.9 Å². The van der Waals surface area contributed by atoms with Gasteiger partial charge < -0.3 is 9.47 Å². The zero-order valence-corrected chi connectivity index (χ0v) is 12.4. The minimum absolute atomic E-state index is 0.0654. The molecule has 0 N–H and O–H groups in total. The van der Waals surface area contributed by atoms with Crippen molar-refractivity contribution in [2.24, 2.45) is 5.92 Å². The maximum Gasteiger partial charge on any atom is 0.309 e. The lowest BCUT2D eigenvalue weighted by atomic mass is 9.97. The molecule has 4 nitrogen and oxygen atoms in total. The van der Waals surface area contributed by atoms with Gasteiger partial charge in [0.05, 0.1) is 12.3 Å². The first-order valence-electron chi connectivity index (χ1n) is 7.19. The molecule has 0 aliphatic heterocycles. The third-order valence-electron chi connectivity index (χ3n) is 2.86. The van der Waals surface area contributed by atoms with Crippen molar-refractivity contribution in [2.45, 2.75) is 45.4 Å². The van der Waals surface area contributed by atoms with Crippen LogP contribution in [0.5, 0.6) is 0 Å². The van der Waals surface area contributed by atoms with Crippen LogP contribution in [0.15, 0.2) is 25.3 Å². The van der Waals surface area contributed by atoms with Crippen LogP contribution in [-0.4, -0.2) is 25.2 Å². The van der Waals surface area contributed by atoms with Crippen molar-refractivity contribution in [1.82, 2.24) is 0 Å². The number of esters is 2. The lowest BCUT2D eigenvalue weighted by Gasteiger charge is -2.14. The number of ether oxygens (including phenoxy) is 2. The molecule has 0 saturated carbocycles. The number of unbranched alkanes of at least 4 members (excludes halogenated alkanes) is 3. The highest BCUT2D eigenvalue weighted by Gasteiger charge is 2.23. The van der Waals surface area contributed by atoms with Crippen LogP contribution in [0.3, 0.4) is 0 Å². The average molecular weight is 282 g/mol. The zero-order valence-electron chi connectivity index (χ0n) is 12.4. The van der Waals surface area contributed by atoms with E-state index in [1.54, 1.807) is 0 Å². The Hall–Kier alpha value is -1.58. The Morgan fingerprint density at radius 2 is 1.70 bits per heavy atom. The summed E-state index contributed by atoms with van der Waals surface area (Å²) in [6.45, 7) is 9.45. The van der Waals surface area contributed by atoms with Crippen molar-refractivity contribution in [3.63, 3.8) is 0 Å². The number of hydrogen-bond acceptors (Lipinski definition) is 4. The van der Waals surface area contributed by atoms with E-state index in [1.165, 1.54) is 12.2 Å². The number of rotatable bonds is 12. The molecule has 0 spiro atoms. The van der Waals surface area contributed by atoms with Gasteiger partial charge in [-0.15, -0.1) is 0 Å². The highest BCUT2D eigenvalue weighted by Crippen LogP contribution is 2.17. The molecule has 0 amide bonds. The molecule has 0 fully saturated rings. The van der Waals surface area contributed by atoms with Crippen LogP contribution in [0.4, 0.5) is 0 Å². The van der Waals surface area contributed by atoms with Gasteiger partial charge in [-0.05, 0) is 6.42 Å². The van der Waals surface area contributed by atoms with E-state index in [-0.39, 0.29) is 31.6 Å². The molecule has 0 rings (SSSR count). The average Bonchev–Trinajstić information content (AvgIpc) is 2.45. The quantitative estimate of drug-likeness (QED) is 0.313.